The van der Waals surface area contributed by atoms with Gasteiger partial charge in [-0.25, -0.2) is 4.79 Å². The summed E-state index contributed by atoms with van der Waals surface area (Å²) in [7, 11) is 1.35. The lowest BCUT2D eigenvalue weighted by Gasteiger charge is -2.32. The zero-order valence-electron chi connectivity index (χ0n) is 15.3. The highest BCUT2D eigenvalue weighted by molar-refractivity contribution is 9.10. The Morgan fingerprint density at radius 2 is 1.85 bits per heavy atom. The molecule has 5 nitrogen and oxygen atoms in total. The molecule has 1 saturated heterocycles. The van der Waals surface area contributed by atoms with Crippen molar-refractivity contribution < 1.29 is 14.3 Å². The summed E-state index contributed by atoms with van der Waals surface area (Å²) < 4.78 is 5.75. The minimum atomic E-state index is -0.385. The fraction of sp³-hybridized carbons (Fsp3) is 0.333. The van der Waals surface area contributed by atoms with Crippen LogP contribution >= 0.6 is 15.9 Å². The number of nitrogens with zero attached hydrogens (tertiary/aromatic N) is 1. The van der Waals surface area contributed by atoms with Crippen LogP contribution in [0.25, 0.3) is 0 Å². The van der Waals surface area contributed by atoms with E-state index in [0.29, 0.717) is 11.3 Å². The van der Waals surface area contributed by atoms with Gasteiger partial charge in [0.2, 0.25) is 5.91 Å². The SMILES string of the molecule is COC(=O)c1ccc(NC(=O)C2CCCN(Cc3ccc(Br)cc3)C2)cc1. The van der Waals surface area contributed by atoms with Gasteiger partial charge < -0.3 is 10.1 Å². The van der Waals surface area contributed by atoms with E-state index in [1.807, 2.05) is 12.1 Å². The number of likely N-dealkylation sites (tertiary alicyclic amines) is 1. The zero-order chi connectivity index (χ0) is 19.2. The third-order valence-corrected chi connectivity index (χ3v) is 5.30. The number of esters is 1. The van der Waals surface area contributed by atoms with Gasteiger partial charge in [0.05, 0.1) is 18.6 Å². The molecule has 3 rings (SSSR count). The van der Waals surface area contributed by atoms with Gasteiger partial charge >= 0.3 is 5.97 Å². The van der Waals surface area contributed by atoms with Crippen LogP contribution in [-0.4, -0.2) is 37.0 Å². The summed E-state index contributed by atoms with van der Waals surface area (Å²) in [5, 5.41) is 2.96. The molecule has 1 atom stereocenters. The summed E-state index contributed by atoms with van der Waals surface area (Å²) in [4.78, 5) is 26.5. The van der Waals surface area contributed by atoms with Crippen molar-refractivity contribution in [3.05, 3.63) is 64.1 Å². The molecule has 0 saturated carbocycles. The Balaban J connectivity index is 1.56. The maximum absolute atomic E-state index is 12.6. The van der Waals surface area contributed by atoms with Crippen molar-refractivity contribution in [2.24, 2.45) is 5.92 Å². The van der Waals surface area contributed by atoms with Crippen LogP contribution in [0.1, 0.15) is 28.8 Å². The molecule has 1 aliphatic heterocycles. The monoisotopic (exact) mass is 430 g/mol. The number of nitrogens with one attached hydrogen (secondary N) is 1. The molecule has 2 aromatic rings. The first-order valence-electron chi connectivity index (χ1n) is 9.01. The number of anilines is 1. The van der Waals surface area contributed by atoms with E-state index >= 15 is 0 Å². The van der Waals surface area contributed by atoms with Crippen LogP contribution in [-0.2, 0) is 16.1 Å². The van der Waals surface area contributed by atoms with Crippen molar-refractivity contribution in [1.82, 2.24) is 4.90 Å². The molecule has 0 aromatic heterocycles. The molecule has 0 spiro atoms. The van der Waals surface area contributed by atoms with E-state index in [-0.39, 0.29) is 17.8 Å². The predicted octanol–water partition coefficient (Wildman–Crippen LogP) is 4.09. The second-order valence-corrected chi connectivity index (χ2v) is 7.67. The van der Waals surface area contributed by atoms with Crippen LogP contribution in [0.5, 0.6) is 0 Å². The number of halogens is 1. The van der Waals surface area contributed by atoms with Gasteiger partial charge in [-0.15, -0.1) is 0 Å². The number of amides is 1. The Morgan fingerprint density at radius 1 is 1.15 bits per heavy atom. The smallest absolute Gasteiger partial charge is 0.337 e. The molecule has 1 heterocycles. The Morgan fingerprint density at radius 3 is 2.52 bits per heavy atom. The van der Waals surface area contributed by atoms with E-state index in [0.717, 1.165) is 36.9 Å². The van der Waals surface area contributed by atoms with E-state index < -0.39 is 0 Å². The molecule has 6 heteroatoms. The number of methoxy groups -OCH3 is 1. The lowest BCUT2D eigenvalue weighted by atomic mass is 9.96. The summed E-state index contributed by atoms with van der Waals surface area (Å²) in [6, 6.07) is 15.1. The Bertz CT molecular complexity index is 790. The highest BCUT2D eigenvalue weighted by Crippen LogP contribution is 2.21. The van der Waals surface area contributed by atoms with Gasteiger partial charge in [0.15, 0.2) is 0 Å². The van der Waals surface area contributed by atoms with Crippen LogP contribution in [0.3, 0.4) is 0 Å². The van der Waals surface area contributed by atoms with Gasteiger partial charge in [-0.2, -0.15) is 0 Å². The molecule has 1 unspecified atom stereocenters. The molecule has 1 N–H and O–H groups in total. The first-order valence-corrected chi connectivity index (χ1v) is 9.80. The highest BCUT2D eigenvalue weighted by Gasteiger charge is 2.26. The van der Waals surface area contributed by atoms with Crippen LogP contribution in [0.15, 0.2) is 53.0 Å². The third kappa shape index (κ3) is 5.40. The number of carbonyl (C=O) groups excluding carboxylic acids is 2. The first kappa shape index (κ1) is 19.6. The van der Waals surface area contributed by atoms with E-state index in [2.05, 4.69) is 43.0 Å². The third-order valence-electron chi connectivity index (χ3n) is 4.77. The number of hydrogen-bond donors (Lipinski definition) is 1. The van der Waals surface area contributed by atoms with E-state index in [4.69, 9.17) is 0 Å². The molecule has 0 radical (unpaired) electrons. The molecular formula is C21H23BrN2O3. The van der Waals surface area contributed by atoms with Crippen LogP contribution in [0.4, 0.5) is 5.69 Å². The molecule has 27 heavy (non-hydrogen) atoms. The molecule has 142 valence electrons. The van der Waals surface area contributed by atoms with E-state index in [1.54, 1.807) is 24.3 Å². The summed E-state index contributed by atoms with van der Waals surface area (Å²) in [6.07, 6.45) is 1.90. The van der Waals surface area contributed by atoms with Gasteiger partial charge in [-0.05, 0) is 61.3 Å². The lowest BCUT2D eigenvalue weighted by molar-refractivity contribution is -0.121. The minimum Gasteiger partial charge on any atom is -0.465 e. The van der Waals surface area contributed by atoms with Crippen molar-refractivity contribution in [3.63, 3.8) is 0 Å². The molecular weight excluding hydrogens is 408 g/mol. The molecule has 2 aromatic carbocycles. The average molecular weight is 431 g/mol. The summed E-state index contributed by atoms with van der Waals surface area (Å²) in [5.41, 5.74) is 2.41. The largest absolute Gasteiger partial charge is 0.465 e. The van der Waals surface area contributed by atoms with Crippen molar-refractivity contribution in [1.29, 1.82) is 0 Å². The van der Waals surface area contributed by atoms with Gasteiger partial charge in [0.1, 0.15) is 0 Å². The van der Waals surface area contributed by atoms with Crippen molar-refractivity contribution in [2.45, 2.75) is 19.4 Å². The van der Waals surface area contributed by atoms with Crippen LogP contribution < -0.4 is 5.32 Å². The van der Waals surface area contributed by atoms with Gasteiger partial charge in [-0.1, -0.05) is 28.1 Å². The standard InChI is InChI=1S/C21H23BrN2O3/c1-27-21(26)16-6-10-19(11-7-16)23-20(25)17-3-2-12-24(14-17)13-15-4-8-18(22)9-5-15/h4-11,17H,2-3,12-14H2,1H3,(H,23,25). The van der Waals surface area contributed by atoms with E-state index in [1.165, 1.54) is 12.7 Å². The number of ether oxygens (including phenoxy) is 1. The second-order valence-electron chi connectivity index (χ2n) is 6.76. The summed E-state index contributed by atoms with van der Waals surface area (Å²) in [6.45, 7) is 2.61. The van der Waals surface area contributed by atoms with Crippen molar-refractivity contribution >= 4 is 33.5 Å². The normalized spacial score (nSPS) is 17.3. The molecule has 1 aliphatic rings. The highest BCUT2D eigenvalue weighted by atomic mass is 79.9. The number of hydrogen-bond acceptors (Lipinski definition) is 4. The quantitative estimate of drug-likeness (QED) is 0.725. The second kappa shape index (κ2) is 9.15. The average Bonchev–Trinajstić information content (AvgIpc) is 2.70. The number of rotatable bonds is 5. The topological polar surface area (TPSA) is 58.6 Å². The molecule has 0 aliphatic carbocycles. The number of benzene rings is 2. The van der Waals surface area contributed by atoms with Crippen molar-refractivity contribution in [3.8, 4) is 0 Å². The Hall–Kier alpha value is -2.18. The molecule has 1 fully saturated rings. The van der Waals surface area contributed by atoms with Gasteiger partial charge in [0, 0.05) is 23.2 Å². The minimum absolute atomic E-state index is 0.0290. The summed E-state index contributed by atoms with van der Waals surface area (Å²) in [5.74, 6) is -0.389. The van der Waals surface area contributed by atoms with Crippen LogP contribution in [0.2, 0.25) is 0 Å². The first-order chi connectivity index (χ1) is 13.0. The zero-order valence-corrected chi connectivity index (χ0v) is 16.9. The van der Waals surface area contributed by atoms with Crippen LogP contribution in [0, 0.1) is 5.92 Å². The maximum atomic E-state index is 12.6. The van der Waals surface area contributed by atoms with E-state index in [9.17, 15) is 9.59 Å². The number of carbonyl (C=O) groups is 2. The fourth-order valence-electron chi connectivity index (χ4n) is 3.31. The van der Waals surface area contributed by atoms with Gasteiger partial charge in [-0.3, -0.25) is 9.69 Å². The lowest BCUT2D eigenvalue weighted by Crippen LogP contribution is -2.40. The van der Waals surface area contributed by atoms with Gasteiger partial charge in [0.25, 0.3) is 0 Å². The van der Waals surface area contributed by atoms with Crippen molar-refractivity contribution in [2.75, 3.05) is 25.5 Å². The molecule has 0 bridgehead atoms. The summed E-state index contributed by atoms with van der Waals surface area (Å²) >= 11 is 3.45. The maximum Gasteiger partial charge on any atom is 0.337 e. The number of piperidine rings is 1. The fourth-order valence-corrected chi connectivity index (χ4v) is 3.58. The molecule has 1 amide bonds. The predicted molar refractivity (Wildman–Crippen MR) is 109 cm³/mol. The Labute approximate surface area is 167 Å². The Kier molecular flexibility index (Phi) is 6.63.